The van der Waals surface area contributed by atoms with Crippen molar-refractivity contribution in [2.45, 2.75) is 51.1 Å². The summed E-state index contributed by atoms with van der Waals surface area (Å²) in [5, 5.41) is 9.49. The predicted molar refractivity (Wildman–Crippen MR) is 110 cm³/mol. The van der Waals surface area contributed by atoms with Gasteiger partial charge in [-0.2, -0.15) is 0 Å². The number of thioether (sulfide) groups is 1. The molecule has 1 aliphatic heterocycles. The van der Waals surface area contributed by atoms with Crippen LogP contribution < -0.4 is 4.74 Å². The van der Waals surface area contributed by atoms with E-state index in [4.69, 9.17) is 9.47 Å². The number of morpholine rings is 1. The van der Waals surface area contributed by atoms with Crippen molar-refractivity contribution in [3.8, 4) is 17.1 Å². The van der Waals surface area contributed by atoms with Crippen molar-refractivity contribution in [2.24, 2.45) is 0 Å². The Morgan fingerprint density at radius 1 is 1.21 bits per heavy atom. The Balaban J connectivity index is 1.73. The molecule has 2 heterocycles. The first kappa shape index (κ1) is 20.7. The molecule has 0 bridgehead atoms. The highest BCUT2D eigenvalue weighted by Crippen LogP contribution is 2.29. The van der Waals surface area contributed by atoms with Gasteiger partial charge in [-0.05, 0) is 52.0 Å². The zero-order valence-electron chi connectivity index (χ0n) is 17.1. The zero-order valence-corrected chi connectivity index (χ0v) is 17.9. The molecule has 1 aromatic heterocycles. The molecule has 1 fully saturated rings. The summed E-state index contributed by atoms with van der Waals surface area (Å²) in [6.45, 7) is 9.45. The number of benzene rings is 1. The first-order chi connectivity index (χ1) is 13.4. The minimum absolute atomic E-state index is 0.0682. The van der Waals surface area contributed by atoms with E-state index in [-0.39, 0.29) is 24.2 Å². The molecule has 1 aromatic carbocycles. The van der Waals surface area contributed by atoms with Crippen LogP contribution in [-0.2, 0) is 9.53 Å². The summed E-state index contributed by atoms with van der Waals surface area (Å²) in [5.41, 5.74) is 0.969. The smallest absolute Gasteiger partial charge is 0.233 e. The topological polar surface area (TPSA) is 69.5 Å². The van der Waals surface area contributed by atoms with E-state index in [0.29, 0.717) is 18.8 Å². The van der Waals surface area contributed by atoms with Crippen molar-refractivity contribution in [1.29, 1.82) is 0 Å². The summed E-state index contributed by atoms with van der Waals surface area (Å²) in [7, 11) is 1.65. The number of ether oxygens (including phenoxy) is 2. The number of hydrogen-bond donors (Lipinski definition) is 0. The van der Waals surface area contributed by atoms with E-state index in [1.165, 1.54) is 11.8 Å². The highest BCUT2D eigenvalue weighted by Gasteiger charge is 2.26. The second-order valence-electron chi connectivity index (χ2n) is 7.34. The van der Waals surface area contributed by atoms with Crippen molar-refractivity contribution in [1.82, 2.24) is 19.7 Å². The molecule has 152 valence electrons. The van der Waals surface area contributed by atoms with Crippen molar-refractivity contribution in [3.63, 3.8) is 0 Å². The van der Waals surface area contributed by atoms with Crippen LogP contribution in [0.1, 0.15) is 33.7 Å². The second kappa shape index (κ2) is 8.96. The Morgan fingerprint density at radius 2 is 1.86 bits per heavy atom. The van der Waals surface area contributed by atoms with Crippen LogP contribution in [0.5, 0.6) is 5.75 Å². The molecule has 0 N–H and O–H groups in total. The summed E-state index contributed by atoms with van der Waals surface area (Å²) >= 11 is 1.44. The van der Waals surface area contributed by atoms with E-state index >= 15 is 0 Å². The Labute approximate surface area is 170 Å². The number of methoxy groups -OCH3 is 1. The molecule has 1 amide bonds. The average Bonchev–Trinajstić information content (AvgIpc) is 3.09. The normalized spacial score (nSPS) is 19.9. The molecule has 0 radical (unpaired) electrons. The van der Waals surface area contributed by atoms with Gasteiger partial charge in [-0.15, -0.1) is 10.2 Å². The summed E-state index contributed by atoms with van der Waals surface area (Å²) in [5.74, 6) is 2.04. The van der Waals surface area contributed by atoms with Gasteiger partial charge in [0.15, 0.2) is 11.0 Å². The SMILES string of the molecule is COc1ccc(-c2nnc(SCC(=O)N3C[C@@H](C)O[C@@H](C)C3)n2C(C)C)cc1. The van der Waals surface area contributed by atoms with E-state index in [9.17, 15) is 4.79 Å². The highest BCUT2D eigenvalue weighted by molar-refractivity contribution is 7.99. The first-order valence-corrected chi connectivity index (χ1v) is 10.5. The van der Waals surface area contributed by atoms with E-state index in [1.54, 1.807) is 7.11 Å². The van der Waals surface area contributed by atoms with Crippen LogP contribution in [0, 0.1) is 0 Å². The Hall–Kier alpha value is -2.06. The molecule has 0 saturated carbocycles. The number of aromatic nitrogens is 3. The lowest BCUT2D eigenvalue weighted by atomic mass is 10.2. The third kappa shape index (κ3) is 4.67. The zero-order chi connectivity index (χ0) is 20.3. The molecule has 1 saturated heterocycles. The van der Waals surface area contributed by atoms with E-state index in [0.717, 1.165) is 22.3 Å². The molecular formula is C20H28N4O3S. The minimum atomic E-state index is 0.0682. The molecule has 28 heavy (non-hydrogen) atoms. The van der Waals surface area contributed by atoms with Crippen LogP contribution in [-0.4, -0.2) is 63.7 Å². The summed E-state index contributed by atoms with van der Waals surface area (Å²) in [6, 6.07) is 7.93. The molecule has 8 heteroatoms. The number of carbonyl (C=O) groups is 1. The summed E-state index contributed by atoms with van der Waals surface area (Å²) in [6.07, 6.45) is 0.136. The van der Waals surface area contributed by atoms with Gasteiger partial charge < -0.3 is 14.4 Å². The molecule has 0 unspecified atom stereocenters. The van der Waals surface area contributed by atoms with Crippen molar-refractivity contribution in [3.05, 3.63) is 24.3 Å². The predicted octanol–water partition coefficient (Wildman–Crippen LogP) is 3.26. The van der Waals surface area contributed by atoms with Crippen LogP contribution in [0.3, 0.4) is 0 Å². The van der Waals surface area contributed by atoms with Crippen LogP contribution in [0.4, 0.5) is 0 Å². The highest BCUT2D eigenvalue weighted by atomic mass is 32.2. The number of nitrogens with zero attached hydrogens (tertiary/aromatic N) is 4. The average molecular weight is 405 g/mol. The van der Waals surface area contributed by atoms with E-state index in [1.807, 2.05) is 43.0 Å². The van der Waals surface area contributed by atoms with Crippen LogP contribution in [0.15, 0.2) is 29.4 Å². The van der Waals surface area contributed by atoms with Gasteiger partial charge in [-0.25, -0.2) is 0 Å². The lowest BCUT2D eigenvalue weighted by Crippen LogP contribution is -2.48. The van der Waals surface area contributed by atoms with Gasteiger partial charge >= 0.3 is 0 Å². The van der Waals surface area contributed by atoms with Crippen LogP contribution in [0.2, 0.25) is 0 Å². The summed E-state index contributed by atoms with van der Waals surface area (Å²) in [4.78, 5) is 14.6. The lowest BCUT2D eigenvalue weighted by Gasteiger charge is -2.35. The largest absolute Gasteiger partial charge is 0.497 e. The van der Waals surface area contributed by atoms with Gasteiger partial charge in [0.2, 0.25) is 5.91 Å². The van der Waals surface area contributed by atoms with Gasteiger partial charge in [-0.1, -0.05) is 11.8 Å². The maximum absolute atomic E-state index is 12.7. The summed E-state index contributed by atoms with van der Waals surface area (Å²) < 4.78 is 13.0. The fourth-order valence-electron chi connectivity index (χ4n) is 3.38. The number of amides is 1. The monoisotopic (exact) mass is 404 g/mol. The minimum Gasteiger partial charge on any atom is -0.497 e. The second-order valence-corrected chi connectivity index (χ2v) is 8.29. The molecule has 7 nitrogen and oxygen atoms in total. The molecule has 0 aliphatic carbocycles. The molecule has 3 rings (SSSR count). The maximum atomic E-state index is 12.7. The van der Waals surface area contributed by atoms with Gasteiger partial charge in [-0.3, -0.25) is 9.36 Å². The quantitative estimate of drug-likeness (QED) is 0.689. The van der Waals surface area contributed by atoms with Crippen LogP contribution in [0.25, 0.3) is 11.4 Å². The van der Waals surface area contributed by atoms with E-state index in [2.05, 4.69) is 28.6 Å². The fourth-order valence-corrected chi connectivity index (χ4v) is 4.35. The third-order valence-electron chi connectivity index (χ3n) is 4.63. The number of rotatable bonds is 6. The van der Waals surface area contributed by atoms with Gasteiger partial charge in [0.05, 0.1) is 25.1 Å². The van der Waals surface area contributed by atoms with Gasteiger partial charge in [0, 0.05) is 24.7 Å². The van der Waals surface area contributed by atoms with Crippen molar-refractivity contribution < 1.29 is 14.3 Å². The maximum Gasteiger partial charge on any atom is 0.233 e. The van der Waals surface area contributed by atoms with Gasteiger partial charge in [0.25, 0.3) is 0 Å². The standard InChI is InChI=1S/C20H28N4O3S/c1-13(2)24-19(16-6-8-17(26-5)9-7-16)21-22-20(24)28-12-18(25)23-10-14(3)27-15(4)11-23/h6-9,13-15H,10-12H2,1-5H3/t14-,15+. The molecule has 0 spiro atoms. The van der Waals surface area contributed by atoms with E-state index < -0.39 is 0 Å². The Bertz CT molecular complexity index is 796. The fraction of sp³-hybridized carbons (Fsp3) is 0.550. The molecule has 2 aromatic rings. The molecule has 2 atom stereocenters. The van der Waals surface area contributed by atoms with Gasteiger partial charge in [0.1, 0.15) is 5.75 Å². The molecular weight excluding hydrogens is 376 g/mol. The third-order valence-corrected chi connectivity index (χ3v) is 5.55. The van der Waals surface area contributed by atoms with Crippen LogP contribution >= 0.6 is 11.8 Å². The Kier molecular flexibility index (Phi) is 6.61. The first-order valence-electron chi connectivity index (χ1n) is 9.54. The van der Waals surface area contributed by atoms with Crippen molar-refractivity contribution in [2.75, 3.05) is 26.0 Å². The molecule has 1 aliphatic rings. The number of hydrogen-bond acceptors (Lipinski definition) is 6. The Morgan fingerprint density at radius 3 is 2.43 bits per heavy atom. The number of carbonyl (C=O) groups excluding carboxylic acids is 1. The lowest BCUT2D eigenvalue weighted by molar-refractivity contribution is -0.140. The van der Waals surface area contributed by atoms with Crippen molar-refractivity contribution >= 4 is 17.7 Å².